The zero-order chi connectivity index (χ0) is 27.5. The zero-order valence-corrected chi connectivity index (χ0v) is 23.2. The second-order valence-electron chi connectivity index (χ2n) is 10.7. The molecular weight excluding hydrogens is 494 g/mol. The first-order valence-corrected chi connectivity index (χ1v) is 13.8. The van der Waals surface area contributed by atoms with E-state index in [1.54, 1.807) is 27.4 Å². The number of esters is 1. The second kappa shape index (κ2) is 11.6. The maximum Gasteiger partial charge on any atom is 0.315 e. The van der Waals surface area contributed by atoms with Gasteiger partial charge in [-0.3, -0.25) is 14.6 Å². The van der Waals surface area contributed by atoms with Crippen LogP contribution in [0.2, 0.25) is 0 Å². The average Bonchev–Trinajstić information content (AvgIpc) is 2.96. The number of allylic oxidation sites excluding steroid dienone is 2. The van der Waals surface area contributed by atoms with Gasteiger partial charge in [0.05, 0.1) is 21.3 Å². The summed E-state index contributed by atoms with van der Waals surface area (Å²) in [6.45, 7) is 1.88. The van der Waals surface area contributed by atoms with E-state index >= 15 is 0 Å². The highest BCUT2D eigenvalue weighted by Gasteiger charge is 2.46. The number of nitrogens with zero attached hydrogens (tertiary/aromatic N) is 1. The van der Waals surface area contributed by atoms with Crippen LogP contribution in [0, 0.1) is 5.92 Å². The van der Waals surface area contributed by atoms with Crippen molar-refractivity contribution in [1.29, 1.82) is 0 Å². The Morgan fingerprint density at radius 2 is 1.56 bits per heavy atom. The lowest BCUT2D eigenvalue weighted by Crippen LogP contribution is -2.39. The minimum Gasteiger partial charge on any atom is -0.497 e. The number of rotatable bonds is 7. The monoisotopic (exact) mass is 531 g/mol. The number of aliphatic imine (C=N–C) groups is 1. The van der Waals surface area contributed by atoms with Crippen LogP contribution < -0.4 is 14.2 Å². The molecule has 1 heterocycles. The van der Waals surface area contributed by atoms with Gasteiger partial charge >= 0.3 is 5.97 Å². The first kappa shape index (κ1) is 27.0. The molecule has 7 heteroatoms. The van der Waals surface area contributed by atoms with Crippen molar-refractivity contribution in [3.63, 3.8) is 0 Å². The molecule has 39 heavy (non-hydrogen) atoms. The molecule has 3 aliphatic rings. The molecule has 0 N–H and O–H groups in total. The van der Waals surface area contributed by atoms with Gasteiger partial charge in [0.2, 0.25) is 0 Å². The summed E-state index contributed by atoms with van der Waals surface area (Å²) in [6.07, 6.45) is 5.92. The van der Waals surface area contributed by atoms with E-state index in [1.807, 2.05) is 43.3 Å². The Balaban J connectivity index is 1.55. The van der Waals surface area contributed by atoms with Crippen LogP contribution in [0.5, 0.6) is 17.2 Å². The topological polar surface area (TPSA) is 83.4 Å². The highest BCUT2D eigenvalue weighted by atomic mass is 16.5. The van der Waals surface area contributed by atoms with Crippen molar-refractivity contribution >= 4 is 17.5 Å². The van der Waals surface area contributed by atoms with E-state index in [0.29, 0.717) is 35.6 Å². The van der Waals surface area contributed by atoms with Crippen LogP contribution in [0.15, 0.2) is 58.7 Å². The third kappa shape index (κ3) is 5.45. The van der Waals surface area contributed by atoms with Gasteiger partial charge in [-0.15, -0.1) is 0 Å². The predicted molar refractivity (Wildman–Crippen MR) is 149 cm³/mol. The maximum atomic E-state index is 13.9. The van der Waals surface area contributed by atoms with Crippen molar-refractivity contribution in [2.24, 2.45) is 10.9 Å². The molecule has 1 unspecified atom stereocenters. The molecule has 5 rings (SSSR count). The smallest absolute Gasteiger partial charge is 0.315 e. The number of benzene rings is 2. The predicted octanol–water partition coefficient (Wildman–Crippen LogP) is 6.16. The molecule has 1 fully saturated rings. The largest absolute Gasteiger partial charge is 0.497 e. The summed E-state index contributed by atoms with van der Waals surface area (Å²) in [5, 5.41) is 0. The van der Waals surface area contributed by atoms with Crippen LogP contribution in [0.1, 0.15) is 74.8 Å². The molecule has 1 saturated carbocycles. The van der Waals surface area contributed by atoms with Crippen LogP contribution in [0.4, 0.5) is 0 Å². The van der Waals surface area contributed by atoms with Gasteiger partial charge in [-0.1, -0.05) is 24.6 Å². The van der Waals surface area contributed by atoms with Gasteiger partial charge in [0.25, 0.3) is 0 Å². The van der Waals surface area contributed by atoms with E-state index in [0.717, 1.165) is 48.3 Å². The van der Waals surface area contributed by atoms with Gasteiger partial charge in [0.1, 0.15) is 29.3 Å². The first-order valence-electron chi connectivity index (χ1n) is 13.8. The summed E-state index contributed by atoms with van der Waals surface area (Å²) in [6, 6.07) is 13.4. The molecule has 0 spiro atoms. The lowest BCUT2D eigenvalue weighted by atomic mass is 9.69. The molecule has 2 aromatic carbocycles. The fourth-order valence-corrected chi connectivity index (χ4v) is 6.31. The lowest BCUT2D eigenvalue weighted by molar-refractivity contribution is -0.153. The second-order valence-corrected chi connectivity index (χ2v) is 10.7. The molecule has 0 aromatic heterocycles. The Hall–Kier alpha value is -3.61. The molecule has 1 aliphatic heterocycles. The molecular formula is C32H37NO6. The van der Waals surface area contributed by atoms with Crippen molar-refractivity contribution in [2.75, 3.05) is 21.3 Å². The fourth-order valence-electron chi connectivity index (χ4n) is 6.31. The highest BCUT2D eigenvalue weighted by molar-refractivity contribution is 6.09. The van der Waals surface area contributed by atoms with E-state index in [9.17, 15) is 9.59 Å². The van der Waals surface area contributed by atoms with Crippen molar-refractivity contribution in [3.8, 4) is 17.2 Å². The van der Waals surface area contributed by atoms with Crippen molar-refractivity contribution in [3.05, 3.63) is 64.9 Å². The summed E-state index contributed by atoms with van der Waals surface area (Å²) >= 11 is 0. The van der Waals surface area contributed by atoms with Gasteiger partial charge in [0.15, 0.2) is 5.78 Å². The average molecular weight is 532 g/mol. The first-order chi connectivity index (χ1) is 18.9. The summed E-state index contributed by atoms with van der Waals surface area (Å²) < 4.78 is 22.6. The molecule has 2 aromatic rings. The Kier molecular flexibility index (Phi) is 8.05. The fraction of sp³-hybridized carbons (Fsp3) is 0.469. The Bertz CT molecular complexity index is 1290. The summed E-state index contributed by atoms with van der Waals surface area (Å²) in [4.78, 5) is 32.6. The summed E-state index contributed by atoms with van der Waals surface area (Å²) in [5.74, 6) is 0.437. The molecule has 0 saturated heterocycles. The van der Waals surface area contributed by atoms with Gasteiger partial charge in [0, 0.05) is 41.0 Å². The van der Waals surface area contributed by atoms with Crippen molar-refractivity contribution in [1.82, 2.24) is 0 Å². The van der Waals surface area contributed by atoms with Crippen molar-refractivity contribution < 1.29 is 28.5 Å². The molecule has 206 valence electrons. The van der Waals surface area contributed by atoms with Gasteiger partial charge in [-0.2, -0.15) is 0 Å². The van der Waals surface area contributed by atoms with E-state index in [2.05, 4.69) is 0 Å². The van der Waals surface area contributed by atoms with Gasteiger partial charge < -0.3 is 18.9 Å². The molecule has 3 atom stereocenters. The lowest BCUT2D eigenvalue weighted by Gasteiger charge is -2.37. The quantitative estimate of drug-likeness (QED) is 0.398. The van der Waals surface area contributed by atoms with E-state index in [4.69, 9.17) is 23.9 Å². The van der Waals surface area contributed by atoms with Crippen LogP contribution >= 0.6 is 0 Å². The molecule has 7 nitrogen and oxygen atoms in total. The van der Waals surface area contributed by atoms with Crippen LogP contribution in [-0.4, -0.2) is 44.9 Å². The number of ether oxygens (including phenoxy) is 4. The van der Waals surface area contributed by atoms with Crippen molar-refractivity contribution in [2.45, 2.75) is 69.8 Å². The minimum absolute atomic E-state index is 0.00265. The zero-order valence-electron chi connectivity index (χ0n) is 23.2. The number of ketones is 1. The molecule has 0 radical (unpaired) electrons. The van der Waals surface area contributed by atoms with Crippen LogP contribution in [-0.2, 0) is 14.3 Å². The maximum absolute atomic E-state index is 13.9. The standard InChI is InChI=1S/C32H37NO6/c1-19-29(32(35)39-23-8-6-5-7-9-23)30(25-15-14-24(37-3)18-28(25)38-4)31-26(33-19)16-21(17-27(31)34)20-10-12-22(36-2)13-11-20/h10-15,18,21,23,29-30H,5-9,16-17H2,1-4H3/t21-,29?,30-/m0/s1. The number of carbonyl (C=O) groups is 2. The molecule has 0 bridgehead atoms. The Morgan fingerprint density at radius 3 is 2.23 bits per heavy atom. The van der Waals surface area contributed by atoms with Gasteiger partial charge in [-0.05, 0) is 68.7 Å². The van der Waals surface area contributed by atoms with E-state index in [1.165, 1.54) is 6.42 Å². The molecule has 0 amide bonds. The summed E-state index contributed by atoms with van der Waals surface area (Å²) in [5.41, 5.74) is 3.84. The number of Topliss-reactive ketones (excluding diaryl/α,β-unsaturated/α-hetero) is 1. The third-order valence-corrected chi connectivity index (χ3v) is 8.34. The number of hydrogen-bond donors (Lipinski definition) is 0. The Morgan fingerprint density at radius 1 is 0.872 bits per heavy atom. The number of methoxy groups -OCH3 is 3. The highest BCUT2D eigenvalue weighted by Crippen LogP contribution is 2.49. The third-order valence-electron chi connectivity index (χ3n) is 8.34. The molecule has 2 aliphatic carbocycles. The van der Waals surface area contributed by atoms with Gasteiger partial charge in [-0.25, -0.2) is 0 Å². The van der Waals surface area contributed by atoms with Crippen LogP contribution in [0.3, 0.4) is 0 Å². The van der Waals surface area contributed by atoms with E-state index in [-0.39, 0.29) is 23.8 Å². The number of carbonyl (C=O) groups excluding carboxylic acids is 2. The van der Waals surface area contributed by atoms with E-state index < -0.39 is 11.8 Å². The van der Waals surface area contributed by atoms with Crippen LogP contribution in [0.25, 0.3) is 0 Å². The SMILES string of the molecule is COc1ccc([C@@H]2CC(=O)C3=C(C2)N=C(C)C(C(=O)OC2CCCCC2)[C@@H]3c2ccc(OC)cc2OC)cc1. The normalized spacial score (nSPS) is 23.5. The number of hydrogen-bond acceptors (Lipinski definition) is 7. The summed E-state index contributed by atoms with van der Waals surface area (Å²) in [7, 11) is 4.83. The minimum atomic E-state index is -0.700. The Labute approximate surface area is 230 Å².